The average Bonchev–Trinajstić information content (AvgIpc) is 3.20. The Bertz CT molecular complexity index is 1300. The zero-order valence-corrected chi connectivity index (χ0v) is 25.3. The van der Waals surface area contributed by atoms with Gasteiger partial charge in [0.05, 0.1) is 23.3 Å². The van der Waals surface area contributed by atoms with E-state index in [1.807, 2.05) is 32.9 Å². The van der Waals surface area contributed by atoms with E-state index in [0.29, 0.717) is 30.3 Å². The number of benzene rings is 1. The summed E-state index contributed by atoms with van der Waals surface area (Å²) in [5.74, 6) is -1.69. The fraction of sp³-hybridized carbons (Fsp3) is 0.656. The molecule has 1 aromatic carbocycles. The van der Waals surface area contributed by atoms with Gasteiger partial charge in [-0.2, -0.15) is 0 Å². The number of fused-ring (bicyclic) bond motifs is 1. The lowest BCUT2D eigenvalue weighted by molar-refractivity contribution is -0.136. The van der Waals surface area contributed by atoms with Crippen molar-refractivity contribution in [2.75, 3.05) is 26.2 Å². The number of carbonyl (C=O) groups excluding carboxylic acids is 5. The number of nitrogens with one attached hydrogen (secondary N) is 1. The third-order valence-corrected chi connectivity index (χ3v) is 9.53. The van der Waals surface area contributed by atoms with Gasteiger partial charge in [-0.15, -0.1) is 0 Å². The molecule has 0 spiro atoms. The van der Waals surface area contributed by atoms with E-state index < -0.39 is 29.4 Å². The number of nitrogens with zero attached hydrogens (tertiary/aromatic N) is 3. The third kappa shape index (κ3) is 6.06. The lowest BCUT2D eigenvalue weighted by Gasteiger charge is -2.47. The standard InChI is InChI=1S/C32H42N4O7/c1-32(2,3)43-31(41)35-15-11-21(12-16-35)42-22-17-20(18-22)34-13-9-19(10-14-34)23-5-4-6-24-27(23)30(40)36(29(24)39)25-7-8-26(37)33-28(25)38/h4-6,19-22,25H,7-18H2,1-3H3,(H,33,37,38)/t20?,22?,25-/m1/s1. The number of ether oxygens (including phenoxy) is 2. The van der Waals surface area contributed by atoms with E-state index in [-0.39, 0.29) is 43.0 Å². The Balaban J connectivity index is 0.980. The first-order chi connectivity index (χ1) is 20.5. The topological polar surface area (TPSA) is 126 Å². The molecule has 4 aliphatic heterocycles. The van der Waals surface area contributed by atoms with Crippen LogP contribution < -0.4 is 5.32 Å². The fourth-order valence-electron chi connectivity index (χ4n) is 7.18. The van der Waals surface area contributed by atoms with E-state index in [0.717, 1.165) is 62.1 Å². The number of amides is 5. The van der Waals surface area contributed by atoms with Crippen LogP contribution in [0.25, 0.3) is 0 Å². The molecule has 43 heavy (non-hydrogen) atoms. The van der Waals surface area contributed by atoms with Gasteiger partial charge in [0, 0.05) is 25.6 Å². The molecule has 5 aliphatic rings. The minimum atomic E-state index is -0.953. The van der Waals surface area contributed by atoms with Crippen LogP contribution in [0.5, 0.6) is 0 Å². The molecule has 1 saturated carbocycles. The predicted molar refractivity (Wildman–Crippen MR) is 155 cm³/mol. The van der Waals surface area contributed by atoms with Crippen LogP contribution in [-0.4, -0.2) is 100 Å². The second kappa shape index (κ2) is 11.6. The second-order valence-electron chi connectivity index (χ2n) is 13.6. The van der Waals surface area contributed by atoms with Crippen LogP contribution in [0.4, 0.5) is 4.79 Å². The van der Waals surface area contributed by atoms with Crippen LogP contribution in [0.1, 0.15) is 104 Å². The van der Waals surface area contributed by atoms with Crippen molar-refractivity contribution in [3.63, 3.8) is 0 Å². The van der Waals surface area contributed by atoms with Crippen molar-refractivity contribution in [2.45, 2.75) is 108 Å². The van der Waals surface area contributed by atoms with Gasteiger partial charge >= 0.3 is 6.09 Å². The molecule has 232 valence electrons. The molecular weight excluding hydrogens is 552 g/mol. The summed E-state index contributed by atoms with van der Waals surface area (Å²) >= 11 is 0. The van der Waals surface area contributed by atoms with E-state index >= 15 is 0 Å². The molecular formula is C32H42N4O7. The van der Waals surface area contributed by atoms with Gasteiger partial charge in [-0.25, -0.2) is 4.79 Å². The number of likely N-dealkylation sites (tertiary alicyclic amines) is 2. The number of hydrogen-bond acceptors (Lipinski definition) is 8. The van der Waals surface area contributed by atoms with Crippen molar-refractivity contribution in [1.82, 2.24) is 20.0 Å². The number of rotatable bonds is 5. The first-order valence-electron chi connectivity index (χ1n) is 15.7. The molecule has 5 amide bonds. The maximum absolute atomic E-state index is 13.5. The van der Waals surface area contributed by atoms with Crippen molar-refractivity contribution in [3.05, 3.63) is 34.9 Å². The van der Waals surface area contributed by atoms with Crippen LogP contribution >= 0.6 is 0 Å². The first kappa shape index (κ1) is 29.7. The summed E-state index contributed by atoms with van der Waals surface area (Å²) < 4.78 is 11.9. The van der Waals surface area contributed by atoms with Gasteiger partial charge in [-0.1, -0.05) is 12.1 Å². The Morgan fingerprint density at radius 1 is 0.884 bits per heavy atom. The molecule has 6 rings (SSSR count). The summed E-state index contributed by atoms with van der Waals surface area (Å²) in [6.07, 6.45) is 5.89. The third-order valence-electron chi connectivity index (χ3n) is 9.53. The van der Waals surface area contributed by atoms with E-state index in [9.17, 15) is 24.0 Å². The predicted octanol–water partition coefficient (Wildman–Crippen LogP) is 3.21. The number of carbonyl (C=O) groups is 5. The minimum absolute atomic E-state index is 0.107. The highest BCUT2D eigenvalue weighted by Gasteiger charge is 2.46. The van der Waals surface area contributed by atoms with Crippen molar-refractivity contribution in [1.29, 1.82) is 0 Å². The van der Waals surface area contributed by atoms with E-state index in [1.54, 1.807) is 11.0 Å². The Kier molecular flexibility index (Phi) is 8.06. The Hall–Kier alpha value is -3.31. The molecule has 0 radical (unpaired) electrons. The van der Waals surface area contributed by atoms with Gasteiger partial charge in [-0.05, 0) is 96.4 Å². The quantitative estimate of drug-likeness (QED) is 0.516. The summed E-state index contributed by atoms with van der Waals surface area (Å²) in [6.45, 7) is 8.79. The summed E-state index contributed by atoms with van der Waals surface area (Å²) in [5.41, 5.74) is 1.17. The molecule has 4 heterocycles. The minimum Gasteiger partial charge on any atom is -0.444 e. The van der Waals surface area contributed by atoms with Gasteiger partial charge < -0.3 is 19.3 Å². The normalized spacial score (nSPS) is 27.7. The van der Waals surface area contributed by atoms with Crippen LogP contribution in [0.3, 0.4) is 0 Å². The van der Waals surface area contributed by atoms with Crippen molar-refractivity contribution in [2.24, 2.45) is 0 Å². The van der Waals surface area contributed by atoms with E-state index in [1.165, 1.54) is 0 Å². The molecule has 1 aliphatic carbocycles. The highest BCUT2D eigenvalue weighted by atomic mass is 16.6. The molecule has 4 fully saturated rings. The molecule has 3 saturated heterocycles. The van der Waals surface area contributed by atoms with Gasteiger partial charge in [0.25, 0.3) is 11.8 Å². The highest BCUT2D eigenvalue weighted by molar-refractivity contribution is 6.24. The summed E-state index contributed by atoms with van der Waals surface area (Å²) in [7, 11) is 0. The Morgan fingerprint density at radius 2 is 1.58 bits per heavy atom. The van der Waals surface area contributed by atoms with Crippen molar-refractivity contribution < 1.29 is 33.4 Å². The van der Waals surface area contributed by atoms with Gasteiger partial charge in [-0.3, -0.25) is 29.4 Å². The summed E-state index contributed by atoms with van der Waals surface area (Å²) in [4.78, 5) is 68.5. The first-order valence-corrected chi connectivity index (χ1v) is 15.7. The molecule has 0 bridgehead atoms. The lowest BCUT2D eigenvalue weighted by Crippen LogP contribution is -2.54. The maximum Gasteiger partial charge on any atom is 0.410 e. The lowest BCUT2D eigenvalue weighted by atomic mass is 9.82. The van der Waals surface area contributed by atoms with Gasteiger partial charge in [0.1, 0.15) is 11.6 Å². The number of piperidine rings is 3. The monoisotopic (exact) mass is 594 g/mol. The molecule has 1 atom stereocenters. The van der Waals surface area contributed by atoms with Crippen molar-refractivity contribution in [3.8, 4) is 0 Å². The highest BCUT2D eigenvalue weighted by Crippen LogP contribution is 2.39. The summed E-state index contributed by atoms with van der Waals surface area (Å²) in [6, 6.07) is 4.97. The molecule has 1 N–H and O–H groups in total. The Labute approximate surface area is 252 Å². The second-order valence-corrected chi connectivity index (χ2v) is 13.6. The van der Waals surface area contributed by atoms with Crippen LogP contribution in [0.15, 0.2) is 18.2 Å². The molecule has 11 nitrogen and oxygen atoms in total. The largest absolute Gasteiger partial charge is 0.444 e. The van der Waals surface area contributed by atoms with Crippen molar-refractivity contribution >= 4 is 29.7 Å². The van der Waals surface area contributed by atoms with Gasteiger partial charge in [0.2, 0.25) is 11.8 Å². The number of imide groups is 2. The molecule has 0 aromatic heterocycles. The zero-order chi connectivity index (χ0) is 30.5. The maximum atomic E-state index is 13.5. The zero-order valence-electron chi connectivity index (χ0n) is 25.3. The van der Waals surface area contributed by atoms with Crippen LogP contribution in [-0.2, 0) is 19.1 Å². The molecule has 1 aromatic rings. The molecule has 11 heteroatoms. The van der Waals surface area contributed by atoms with Crippen LogP contribution in [0, 0.1) is 0 Å². The number of hydrogen-bond donors (Lipinski definition) is 1. The molecule has 0 unspecified atom stereocenters. The SMILES string of the molecule is CC(C)(C)OC(=O)N1CCC(OC2CC(N3CCC(c4cccc5c4C(=O)N([C@@H]4CCC(=O)NC4=O)C5=O)CC3)C2)CC1. The van der Waals surface area contributed by atoms with E-state index in [4.69, 9.17) is 9.47 Å². The van der Waals surface area contributed by atoms with Gasteiger partial charge in [0.15, 0.2) is 0 Å². The Morgan fingerprint density at radius 3 is 2.23 bits per heavy atom. The summed E-state index contributed by atoms with van der Waals surface area (Å²) in [5, 5.41) is 2.26. The fourth-order valence-corrected chi connectivity index (χ4v) is 7.18. The van der Waals surface area contributed by atoms with E-state index in [2.05, 4.69) is 10.2 Å². The smallest absolute Gasteiger partial charge is 0.410 e. The van der Waals surface area contributed by atoms with Crippen LogP contribution in [0.2, 0.25) is 0 Å². The average molecular weight is 595 g/mol.